The third-order valence-electron chi connectivity index (χ3n) is 2.17. The van der Waals surface area contributed by atoms with Gasteiger partial charge < -0.3 is 4.74 Å². The van der Waals surface area contributed by atoms with Gasteiger partial charge in [0.1, 0.15) is 0 Å². The highest BCUT2D eigenvalue weighted by Gasteiger charge is 2.17. The fourth-order valence-electron chi connectivity index (χ4n) is 1.41. The molecule has 0 spiro atoms. The summed E-state index contributed by atoms with van der Waals surface area (Å²) < 4.78 is 30.3. The summed E-state index contributed by atoms with van der Waals surface area (Å²) in [6.07, 6.45) is 6.75. The largest absolute Gasteiger partial charge is 0.384 e. The molecule has 0 amide bonds. The van der Waals surface area contributed by atoms with Crippen molar-refractivity contribution in [2.24, 2.45) is 0 Å². The Hall–Kier alpha value is -0.390. The van der Waals surface area contributed by atoms with Gasteiger partial charge in [0.05, 0.1) is 12.4 Å². The van der Waals surface area contributed by atoms with Crippen molar-refractivity contribution < 1.29 is 13.2 Å². The lowest BCUT2D eigenvalue weighted by molar-refractivity contribution is 0.216. The Morgan fingerprint density at radius 1 is 1.50 bits per heavy atom. The third kappa shape index (κ3) is 4.21. The van der Waals surface area contributed by atoms with E-state index in [0.717, 1.165) is 19.3 Å². The van der Waals surface area contributed by atoms with Crippen LogP contribution in [-0.2, 0) is 14.8 Å². The first-order chi connectivity index (χ1) is 6.64. The zero-order valence-corrected chi connectivity index (χ0v) is 9.22. The molecule has 82 valence electrons. The molecule has 0 bridgehead atoms. The van der Waals surface area contributed by atoms with Crippen molar-refractivity contribution in [3.8, 4) is 0 Å². The van der Waals surface area contributed by atoms with Crippen LogP contribution < -0.4 is 4.72 Å². The molecule has 14 heavy (non-hydrogen) atoms. The molecule has 5 heteroatoms. The van der Waals surface area contributed by atoms with Gasteiger partial charge in [-0.3, -0.25) is 0 Å². The van der Waals surface area contributed by atoms with Gasteiger partial charge in [0.15, 0.2) is 0 Å². The van der Waals surface area contributed by atoms with Crippen molar-refractivity contribution in [1.29, 1.82) is 0 Å². The highest BCUT2D eigenvalue weighted by atomic mass is 32.2. The molecule has 0 aromatic rings. The van der Waals surface area contributed by atoms with Crippen LogP contribution in [0.1, 0.15) is 19.3 Å². The molecule has 1 atom stereocenters. The number of hydrogen-bond acceptors (Lipinski definition) is 3. The Labute approximate surface area is 85.4 Å². The van der Waals surface area contributed by atoms with Gasteiger partial charge in [-0.05, 0) is 19.3 Å². The van der Waals surface area contributed by atoms with Crippen LogP contribution in [0.3, 0.4) is 0 Å². The highest BCUT2D eigenvalue weighted by Crippen LogP contribution is 2.11. The first-order valence-electron chi connectivity index (χ1n) is 4.78. The normalized spacial score (nSPS) is 22.5. The lowest BCUT2D eigenvalue weighted by Gasteiger charge is -2.18. The summed E-state index contributed by atoms with van der Waals surface area (Å²) in [6.45, 7) is 0.248. The molecule has 0 unspecified atom stereocenters. The molecule has 0 aromatic carbocycles. The van der Waals surface area contributed by atoms with Crippen LogP contribution in [0.15, 0.2) is 12.2 Å². The summed E-state index contributed by atoms with van der Waals surface area (Å²) in [4.78, 5) is 0. The average Bonchev–Trinajstić information content (AvgIpc) is 2.16. The Bertz CT molecular complexity index is 284. The lowest BCUT2D eigenvalue weighted by Crippen LogP contribution is -2.37. The van der Waals surface area contributed by atoms with Crippen molar-refractivity contribution in [2.75, 3.05) is 19.5 Å². The maximum absolute atomic E-state index is 11.4. The van der Waals surface area contributed by atoms with Crippen molar-refractivity contribution >= 4 is 10.0 Å². The molecule has 0 heterocycles. The Kier molecular flexibility index (Phi) is 4.57. The predicted octanol–water partition coefficient (Wildman–Crippen LogP) is 0.661. The average molecular weight is 219 g/mol. The SMILES string of the molecule is COCCS(=O)(=O)N[C@H]1CC=CCC1. The third-order valence-corrected chi connectivity index (χ3v) is 3.57. The topological polar surface area (TPSA) is 55.4 Å². The van der Waals surface area contributed by atoms with E-state index in [1.54, 1.807) is 0 Å². The molecular weight excluding hydrogens is 202 g/mol. The maximum Gasteiger partial charge on any atom is 0.214 e. The van der Waals surface area contributed by atoms with Crippen LogP contribution in [0.4, 0.5) is 0 Å². The van der Waals surface area contributed by atoms with Crippen molar-refractivity contribution in [2.45, 2.75) is 25.3 Å². The fourth-order valence-corrected chi connectivity index (χ4v) is 2.63. The summed E-state index contributed by atoms with van der Waals surface area (Å²) in [6, 6.07) is 0.0712. The molecule has 0 saturated heterocycles. The first kappa shape index (κ1) is 11.7. The summed E-state index contributed by atoms with van der Waals surface area (Å²) in [5, 5.41) is 0. The second kappa shape index (κ2) is 5.48. The van der Waals surface area contributed by atoms with Crippen LogP contribution >= 0.6 is 0 Å². The minimum absolute atomic E-state index is 0.0454. The molecule has 0 saturated carbocycles. The standard InChI is InChI=1S/C9H17NO3S/c1-13-7-8-14(11,12)10-9-5-3-2-4-6-9/h2-3,9-10H,4-8H2,1H3/t9-/m0/s1. The number of hydrogen-bond donors (Lipinski definition) is 1. The number of nitrogens with one attached hydrogen (secondary N) is 1. The maximum atomic E-state index is 11.4. The van der Waals surface area contributed by atoms with E-state index in [0.29, 0.717) is 0 Å². The van der Waals surface area contributed by atoms with Crippen LogP contribution in [0, 0.1) is 0 Å². The first-order valence-corrected chi connectivity index (χ1v) is 6.43. The molecule has 0 fully saturated rings. The number of sulfonamides is 1. The van der Waals surface area contributed by atoms with Gasteiger partial charge in [0.25, 0.3) is 0 Å². The van der Waals surface area contributed by atoms with Gasteiger partial charge in [-0.25, -0.2) is 13.1 Å². The molecule has 4 nitrogen and oxygen atoms in total. The Balaban J connectivity index is 2.38. The molecule has 0 aliphatic heterocycles. The number of allylic oxidation sites excluding steroid dienone is 1. The summed E-state index contributed by atoms with van der Waals surface area (Å²) in [7, 11) is -1.65. The zero-order chi connectivity index (χ0) is 10.4. The van der Waals surface area contributed by atoms with Crippen LogP contribution in [0.25, 0.3) is 0 Å². The lowest BCUT2D eigenvalue weighted by atomic mass is 10.0. The smallest absolute Gasteiger partial charge is 0.214 e. The second-order valence-electron chi connectivity index (χ2n) is 3.41. The van der Waals surface area contributed by atoms with Crippen molar-refractivity contribution in [3.05, 3.63) is 12.2 Å². The summed E-state index contributed by atoms with van der Waals surface area (Å²) in [5.74, 6) is 0.0454. The van der Waals surface area contributed by atoms with Gasteiger partial charge in [-0.1, -0.05) is 12.2 Å². The zero-order valence-electron chi connectivity index (χ0n) is 8.40. The highest BCUT2D eigenvalue weighted by molar-refractivity contribution is 7.89. The Morgan fingerprint density at radius 2 is 2.29 bits per heavy atom. The van der Waals surface area contributed by atoms with Crippen LogP contribution in [0.5, 0.6) is 0 Å². The monoisotopic (exact) mass is 219 g/mol. The Morgan fingerprint density at radius 3 is 2.86 bits per heavy atom. The molecule has 0 aromatic heterocycles. The van der Waals surface area contributed by atoms with Gasteiger partial charge in [0.2, 0.25) is 10.0 Å². The summed E-state index contributed by atoms with van der Waals surface area (Å²) in [5.41, 5.74) is 0. The van der Waals surface area contributed by atoms with E-state index >= 15 is 0 Å². The van der Waals surface area contributed by atoms with E-state index in [4.69, 9.17) is 4.74 Å². The van der Waals surface area contributed by atoms with Gasteiger partial charge >= 0.3 is 0 Å². The minimum atomic E-state index is -3.15. The molecule has 1 rings (SSSR count). The van der Waals surface area contributed by atoms with Gasteiger partial charge in [0, 0.05) is 13.2 Å². The fraction of sp³-hybridized carbons (Fsp3) is 0.778. The molecule has 1 aliphatic rings. The van der Waals surface area contributed by atoms with Crippen molar-refractivity contribution in [3.63, 3.8) is 0 Å². The number of methoxy groups -OCH3 is 1. The molecule has 1 aliphatic carbocycles. The van der Waals surface area contributed by atoms with Crippen molar-refractivity contribution in [1.82, 2.24) is 4.72 Å². The quantitative estimate of drug-likeness (QED) is 0.691. The van der Waals surface area contributed by atoms with Gasteiger partial charge in [-0.2, -0.15) is 0 Å². The van der Waals surface area contributed by atoms with Crippen LogP contribution in [-0.4, -0.2) is 33.9 Å². The van der Waals surface area contributed by atoms with E-state index in [1.165, 1.54) is 7.11 Å². The molecular formula is C9H17NO3S. The summed E-state index contributed by atoms with van der Waals surface area (Å²) >= 11 is 0. The predicted molar refractivity (Wildman–Crippen MR) is 55.6 cm³/mol. The van der Waals surface area contributed by atoms with E-state index in [2.05, 4.69) is 10.8 Å². The molecule has 1 N–H and O–H groups in total. The second-order valence-corrected chi connectivity index (χ2v) is 5.28. The van der Waals surface area contributed by atoms with E-state index in [-0.39, 0.29) is 18.4 Å². The number of rotatable bonds is 5. The minimum Gasteiger partial charge on any atom is -0.384 e. The van der Waals surface area contributed by atoms with E-state index in [9.17, 15) is 8.42 Å². The van der Waals surface area contributed by atoms with Crippen LogP contribution in [0.2, 0.25) is 0 Å². The van der Waals surface area contributed by atoms with Gasteiger partial charge in [-0.15, -0.1) is 0 Å². The van der Waals surface area contributed by atoms with E-state index < -0.39 is 10.0 Å². The van der Waals surface area contributed by atoms with E-state index in [1.807, 2.05) is 6.08 Å². The number of ether oxygens (including phenoxy) is 1. The molecule has 0 radical (unpaired) electrons.